The molecule has 0 aliphatic rings. The van der Waals surface area contributed by atoms with Crippen LogP contribution >= 0.6 is 12.4 Å². The Morgan fingerprint density at radius 1 is 1.27 bits per heavy atom. The number of carboxylic acids is 1. The summed E-state index contributed by atoms with van der Waals surface area (Å²) in [6.45, 7) is 2.04. The van der Waals surface area contributed by atoms with Gasteiger partial charge in [0, 0.05) is 0 Å². The molecule has 0 spiro atoms. The smallest absolute Gasteiger partial charge is 0.335 e. The first-order chi connectivity index (χ1) is 6.65. The van der Waals surface area contributed by atoms with Crippen molar-refractivity contribution in [3.05, 3.63) is 35.4 Å². The first kappa shape index (κ1) is 16.4. The Kier molecular flexibility index (Phi) is 10.4. The van der Waals surface area contributed by atoms with Gasteiger partial charge in [0.05, 0.1) is 5.56 Å². The number of hydrogen-bond donors (Lipinski definition) is 2. The lowest BCUT2D eigenvalue weighted by atomic mass is 10.1. The lowest BCUT2D eigenvalue weighted by Gasteiger charge is -1.96. The molecule has 0 aromatic heterocycles. The molecular weight excluding hydrogens is 214 g/mol. The van der Waals surface area contributed by atoms with Gasteiger partial charge in [0.15, 0.2) is 0 Å². The largest absolute Gasteiger partial charge is 0.478 e. The predicted octanol–water partition coefficient (Wildman–Crippen LogP) is 2.20. The van der Waals surface area contributed by atoms with Crippen molar-refractivity contribution in [3.63, 3.8) is 0 Å². The van der Waals surface area contributed by atoms with Crippen molar-refractivity contribution in [2.24, 2.45) is 0 Å². The van der Waals surface area contributed by atoms with Crippen LogP contribution in [0.2, 0.25) is 0 Å². The molecule has 1 aromatic rings. The van der Waals surface area contributed by atoms with Gasteiger partial charge in [0.2, 0.25) is 0 Å². The third kappa shape index (κ3) is 6.94. The molecule has 4 heteroatoms. The van der Waals surface area contributed by atoms with Gasteiger partial charge in [0.1, 0.15) is 0 Å². The molecule has 0 aliphatic carbocycles. The molecule has 3 nitrogen and oxygen atoms in total. The fourth-order valence-corrected chi connectivity index (χ4v) is 0.883. The number of aromatic carboxylic acids is 1. The van der Waals surface area contributed by atoms with Crippen molar-refractivity contribution in [3.8, 4) is 0 Å². The predicted molar refractivity (Wildman–Crippen MR) is 65.0 cm³/mol. The average Bonchev–Trinajstić information content (AvgIpc) is 2.19. The minimum atomic E-state index is -0.868. The second-order valence-corrected chi connectivity index (χ2v) is 2.86. The molecule has 0 unspecified atom stereocenters. The fraction of sp³-hybridized carbons (Fsp3) is 0.364. The van der Waals surface area contributed by atoms with Crippen LogP contribution < -0.4 is 5.32 Å². The highest BCUT2D eigenvalue weighted by molar-refractivity contribution is 5.87. The second kappa shape index (κ2) is 9.49. The summed E-state index contributed by atoms with van der Waals surface area (Å²) < 4.78 is 0. The summed E-state index contributed by atoms with van der Waals surface area (Å²) in [5.74, 6) is -0.868. The SMILES string of the molecule is CCc1ccc(C(=O)O)cc1.CNC.Cl. The summed E-state index contributed by atoms with van der Waals surface area (Å²) >= 11 is 0. The van der Waals surface area contributed by atoms with Crippen LogP contribution in [-0.2, 0) is 6.42 Å². The Balaban J connectivity index is 0. The molecule has 0 saturated carbocycles. The minimum absolute atomic E-state index is 0. The van der Waals surface area contributed by atoms with E-state index in [0.717, 1.165) is 12.0 Å². The van der Waals surface area contributed by atoms with Crippen molar-refractivity contribution in [1.29, 1.82) is 0 Å². The Morgan fingerprint density at radius 2 is 1.67 bits per heavy atom. The molecule has 0 bridgehead atoms. The molecule has 2 N–H and O–H groups in total. The van der Waals surface area contributed by atoms with Crippen LogP contribution in [0.4, 0.5) is 0 Å². The van der Waals surface area contributed by atoms with E-state index < -0.39 is 5.97 Å². The number of nitrogens with one attached hydrogen (secondary N) is 1. The van der Waals surface area contributed by atoms with E-state index in [4.69, 9.17) is 5.11 Å². The number of carbonyl (C=O) groups is 1. The summed E-state index contributed by atoms with van der Waals surface area (Å²) in [5.41, 5.74) is 1.51. The molecule has 1 rings (SSSR count). The maximum atomic E-state index is 10.4. The quantitative estimate of drug-likeness (QED) is 0.821. The van der Waals surface area contributed by atoms with Gasteiger partial charge in [-0.1, -0.05) is 19.1 Å². The topological polar surface area (TPSA) is 49.3 Å². The van der Waals surface area contributed by atoms with Crippen LogP contribution in [0.5, 0.6) is 0 Å². The highest BCUT2D eigenvalue weighted by Gasteiger charge is 1.99. The van der Waals surface area contributed by atoms with Crippen molar-refractivity contribution in [1.82, 2.24) is 5.32 Å². The number of hydrogen-bond acceptors (Lipinski definition) is 2. The van der Waals surface area contributed by atoms with Crippen molar-refractivity contribution >= 4 is 18.4 Å². The zero-order valence-corrected chi connectivity index (χ0v) is 10.1. The van der Waals surface area contributed by atoms with E-state index in [9.17, 15) is 4.79 Å². The zero-order chi connectivity index (χ0) is 11.0. The van der Waals surface area contributed by atoms with Crippen molar-refractivity contribution < 1.29 is 9.90 Å². The molecule has 0 saturated heterocycles. The minimum Gasteiger partial charge on any atom is -0.478 e. The fourth-order valence-electron chi connectivity index (χ4n) is 0.883. The van der Waals surface area contributed by atoms with Gasteiger partial charge in [0.25, 0.3) is 0 Å². The number of benzene rings is 1. The third-order valence-electron chi connectivity index (χ3n) is 1.61. The van der Waals surface area contributed by atoms with E-state index in [1.54, 1.807) is 12.1 Å². The van der Waals surface area contributed by atoms with Crippen molar-refractivity contribution in [2.45, 2.75) is 13.3 Å². The number of aryl methyl sites for hydroxylation is 1. The second-order valence-electron chi connectivity index (χ2n) is 2.86. The molecule has 0 radical (unpaired) electrons. The van der Waals surface area contributed by atoms with Crippen LogP contribution in [0.3, 0.4) is 0 Å². The monoisotopic (exact) mass is 231 g/mol. The lowest BCUT2D eigenvalue weighted by Crippen LogP contribution is -1.95. The maximum Gasteiger partial charge on any atom is 0.335 e. The van der Waals surface area contributed by atoms with E-state index in [1.165, 1.54) is 0 Å². The Morgan fingerprint density at radius 3 is 1.93 bits per heavy atom. The Labute approximate surface area is 96.9 Å². The summed E-state index contributed by atoms with van der Waals surface area (Å²) in [6, 6.07) is 6.93. The summed E-state index contributed by atoms with van der Waals surface area (Å²) in [5, 5.41) is 11.3. The number of rotatable bonds is 2. The highest BCUT2D eigenvalue weighted by Crippen LogP contribution is 2.04. The summed E-state index contributed by atoms with van der Waals surface area (Å²) in [7, 11) is 3.75. The van der Waals surface area contributed by atoms with Gasteiger partial charge >= 0.3 is 5.97 Å². The van der Waals surface area contributed by atoms with Gasteiger partial charge < -0.3 is 10.4 Å². The molecule has 1 aromatic carbocycles. The van der Waals surface area contributed by atoms with Gasteiger partial charge in [-0.05, 0) is 38.2 Å². The van der Waals surface area contributed by atoms with Crippen LogP contribution in [0, 0.1) is 0 Å². The molecule has 15 heavy (non-hydrogen) atoms. The normalized spacial score (nSPS) is 8.20. The van der Waals surface area contributed by atoms with Crippen LogP contribution in [0.25, 0.3) is 0 Å². The number of carboxylic acid groups (broad SMARTS) is 1. The van der Waals surface area contributed by atoms with Crippen LogP contribution in [-0.4, -0.2) is 25.2 Å². The first-order valence-electron chi connectivity index (χ1n) is 4.56. The van der Waals surface area contributed by atoms with E-state index in [2.05, 4.69) is 5.32 Å². The standard InChI is InChI=1S/C9H10O2.C2H7N.ClH/c1-2-7-3-5-8(6-4-7)9(10)11;1-3-2;/h3-6H,2H2,1H3,(H,10,11);3H,1-2H3;1H. The Hall–Kier alpha value is -1.06. The van der Waals surface area contributed by atoms with Crippen LogP contribution in [0.15, 0.2) is 24.3 Å². The maximum absolute atomic E-state index is 10.4. The van der Waals surface area contributed by atoms with Gasteiger partial charge in [-0.2, -0.15) is 0 Å². The van der Waals surface area contributed by atoms with Crippen LogP contribution in [0.1, 0.15) is 22.8 Å². The van der Waals surface area contributed by atoms with E-state index in [-0.39, 0.29) is 12.4 Å². The van der Waals surface area contributed by atoms with E-state index >= 15 is 0 Å². The molecule has 86 valence electrons. The Bertz CT molecular complexity index is 272. The average molecular weight is 232 g/mol. The lowest BCUT2D eigenvalue weighted by molar-refractivity contribution is 0.0697. The van der Waals surface area contributed by atoms with Crippen molar-refractivity contribution in [2.75, 3.05) is 14.1 Å². The molecule has 0 amide bonds. The summed E-state index contributed by atoms with van der Waals surface area (Å²) in [6.07, 6.45) is 0.944. The highest BCUT2D eigenvalue weighted by atomic mass is 35.5. The molecule has 0 fully saturated rings. The van der Waals surface area contributed by atoms with E-state index in [1.807, 2.05) is 33.2 Å². The molecule has 0 aliphatic heterocycles. The van der Waals surface area contributed by atoms with Gasteiger partial charge in [-0.15, -0.1) is 12.4 Å². The van der Waals surface area contributed by atoms with Gasteiger partial charge in [-0.3, -0.25) is 0 Å². The zero-order valence-electron chi connectivity index (χ0n) is 9.28. The first-order valence-corrected chi connectivity index (χ1v) is 4.56. The molecule has 0 atom stereocenters. The summed E-state index contributed by atoms with van der Waals surface area (Å²) in [4.78, 5) is 10.4. The van der Waals surface area contributed by atoms with E-state index in [0.29, 0.717) is 5.56 Å². The molecule has 0 heterocycles. The third-order valence-corrected chi connectivity index (χ3v) is 1.61. The van der Waals surface area contributed by atoms with Gasteiger partial charge in [-0.25, -0.2) is 4.79 Å². The number of halogens is 1. The molecular formula is C11H18ClNO2.